The number of aromatic nitrogens is 3. The second-order valence-electron chi connectivity index (χ2n) is 10.6. The van der Waals surface area contributed by atoms with E-state index >= 15 is 0 Å². The molecule has 3 aliphatic rings. The van der Waals surface area contributed by atoms with E-state index in [-0.39, 0.29) is 31.6 Å². The number of pyridine rings is 1. The zero-order chi connectivity index (χ0) is 26.0. The predicted octanol–water partition coefficient (Wildman–Crippen LogP) is 3.97. The molecule has 1 aromatic carbocycles. The molecule has 0 bridgehead atoms. The van der Waals surface area contributed by atoms with Crippen LogP contribution in [0.15, 0.2) is 42.7 Å². The van der Waals surface area contributed by atoms with E-state index in [1.165, 1.54) is 9.80 Å². The smallest absolute Gasteiger partial charge is 0.397 e. The van der Waals surface area contributed by atoms with Crippen molar-refractivity contribution in [3.05, 3.63) is 48.3 Å². The molecule has 0 radical (unpaired) electrons. The Labute approximate surface area is 210 Å². The number of halogens is 3. The van der Waals surface area contributed by atoms with E-state index in [0.29, 0.717) is 42.8 Å². The molecule has 1 saturated carbocycles. The van der Waals surface area contributed by atoms with Gasteiger partial charge in [-0.1, -0.05) is 18.2 Å². The number of rotatable bonds is 4. The number of hydrogen-bond acceptors (Lipinski definition) is 5. The number of nitrogens with zero attached hydrogens (tertiary/aromatic N) is 4. The van der Waals surface area contributed by atoms with E-state index in [2.05, 4.69) is 15.2 Å². The SMILES string of the molecule is CC1(C(F)(F)F)CN(C(=O)CN2C(=O)C3(CCC(Oc4cnc5[nH]ncc5c4)CC3)c3ccccc32)C1. The molecule has 1 saturated heterocycles. The van der Waals surface area contributed by atoms with Crippen molar-refractivity contribution in [2.45, 2.75) is 50.3 Å². The van der Waals surface area contributed by atoms with E-state index < -0.39 is 22.9 Å². The molecule has 1 spiro atoms. The number of ether oxygens (including phenoxy) is 1. The first-order chi connectivity index (χ1) is 17.6. The summed E-state index contributed by atoms with van der Waals surface area (Å²) in [5.41, 5.74) is -0.449. The van der Waals surface area contributed by atoms with Crippen LogP contribution in [0, 0.1) is 5.41 Å². The summed E-state index contributed by atoms with van der Waals surface area (Å²) in [7, 11) is 0. The van der Waals surface area contributed by atoms with E-state index in [9.17, 15) is 22.8 Å². The van der Waals surface area contributed by atoms with Crippen molar-refractivity contribution in [3.8, 4) is 5.75 Å². The highest BCUT2D eigenvalue weighted by Gasteiger charge is 2.60. The van der Waals surface area contributed by atoms with Crippen LogP contribution < -0.4 is 9.64 Å². The quantitative estimate of drug-likeness (QED) is 0.570. The van der Waals surface area contributed by atoms with Crippen molar-refractivity contribution in [2.75, 3.05) is 24.5 Å². The van der Waals surface area contributed by atoms with Crippen LogP contribution in [0.2, 0.25) is 0 Å². The number of carbonyl (C=O) groups excluding carboxylic acids is 2. The van der Waals surface area contributed by atoms with Crippen LogP contribution in [-0.4, -0.2) is 63.8 Å². The van der Waals surface area contributed by atoms with Crippen LogP contribution in [0.25, 0.3) is 11.0 Å². The van der Waals surface area contributed by atoms with E-state index in [4.69, 9.17) is 4.74 Å². The van der Waals surface area contributed by atoms with Crippen molar-refractivity contribution >= 4 is 28.5 Å². The molecule has 2 aliphatic heterocycles. The second kappa shape index (κ2) is 8.19. The van der Waals surface area contributed by atoms with E-state index in [1.54, 1.807) is 24.5 Å². The molecule has 11 heteroatoms. The first kappa shape index (κ1) is 23.7. The molecule has 1 aliphatic carbocycles. The number of fused-ring (bicyclic) bond motifs is 3. The standard InChI is InChI=1S/C26H26F3N5O3/c1-24(26(27,28)29)14-33(15-24)21(35)13-34-20-5-3-2-4-19(20)25(23(34)36)8-6-17(7-9-25)37-18-10-16-11-31-32-22(16)30-12-18/h2-5,10-12,17H,6-9,13-15H2,1H3,(H,30,31,32). The van der Waals surface area contributed by atoms with Gasteiger partial charge in [-0.05, 0) is 50.3 Å². The van der Waals surface area contributed by atoms with Crippen LogP contribution in [0.4, 0.5) is 18.9 Å². The topological polar surface area (TPSA) is 91.4 Å². The van der Waals surface area contributed by atoms with E-state index in [0.717, 1.165) is 17.9 Å². The molecular formula is C26H26F3N5O3. The van der Waals surface area contributed by atoms with Gasteiger partial charge in [-0.25, -0.2) is 4.98 Å². The molecule has 8 nitrogen and oxygen atoms in total. The maximum atomic E-state index is 13.8. The van der Waals surface area contributed by atoms with Gasteiger partial charge in [0.15, 0.2) is 5.65 Å². The molecule has 0 atom stereocenters. The Kier molecular flexibility index (Phi) is 5.26. The van der Waals surface area contributed by atoms with Crippen LogP contribution >= 0.6 is 0 Å². The van der Waals surface area contributed by atoms with E-state index in [1.807, 2.05) is 18.2 Å². The highest BCUT2D eigenvalue weighted by Crippen LogP contribution is 2.51. The molecule has 6 rings (SSSR count). The maximum Gasteiger partial charge on any atom is 0.397 e. The number of para-hydroxylation sites is 1. The van der Waals surface area contributed by atoms with Gasteiger partial charge in [-0.2, -0.15) is 18.3 Å². The van der Waals surface area contributed by atoms with Gasteiger partial charge in [-0.15, -0.1) is 0 Å². The number of benzene rings is 1. The fraction of sp³-hybridized carbons (Fsp3) is 0.462. The van der Waals surface area contributed by atoms with Gasteiger partial charge in [0, 0.05) is 24.2 Å². The molecule has 3 aromatic rings. The maximum absolute atomic E-state index is 13.8. The Morgan fingerprint density at radius 2 is 1.92 bits per heavy atom. The number of nitrogens with one attached hydrogen (secondary N) is 1. The van der Waals surface area contributed by atoms with Gasteiger partial charge in [0.2, 0.25) is 11.8 Å². The molecular weight excluding hydrogens is 487 g/mol. The molecule has 2 amide bonds. The summed E-state index contributed by atoms with van der Waals surface area (Å²) in [6, 6.07) is 9.28. The molecule has 1 N–H and O–H groups in total. The predicted molar refractivity (Wildman–Crippen MR) is 128 cm³/mol. The number of likely N-dealkylation sites (tertiary alicyclic amines) is 1. The summed E-state index contributed by atoms with van der Waals surface area (Å²) in [6.07, 6.45) is 1.25. The van der Waals surface area contributed by atoms with Crippen molar-refractivity contribution in [1.29, 1.82) is 0 Å². The Balaban J connectivity index is 1.15. The minimum Gasteiger partial charge on any atom is -0.489 e. The monoisotopic (exact) mass is 513 g/mol. The molecule has 2 fully saturated rings. The third kappa shape index (κ3) is 3.74. The summed E-state index contributed by atoms with van der Waals surface area (Å²) in [6.45, 7) is 0.0824. The number of amides is 2. The highest BCUT2D eigenvalue weighted by atomic mass is 19.4. The largest absolute Gasteiger partial charge is 0.489 e. The minimum absolute atomic E-state index is 0.0893. The lowest BCUT2D eigenvalue weighted by molar-refractivity contribution is -0.256. The lowest BCUT2D eigenvalue weighted by Crippen LogP contribution is -2.64. The highest BCUT2D eigenvalue weighted by molar-refractivity contribution is 6.10. The molecule has 0 unspecified atom stereocenters. The van der Waals surface area contributed by atoms with Crippen molar-refractivity contribution in [1.82, 2.24) is 20.1 Å². The summed E-state index contributed by atoms with van der Waals surface area (Å²) in [4.78, 5) is 33.6. The summed E-state index contributed by atoms with van der Waals surface area (Å²) >= 11 is 0. The van der Waals surface area contributed by atoms with Crippen LogP contribution in [0.3, 0.4) is 0 Å². The Morgan fingerprint density at radius 1 is 1.19 bits per heavy atom. The van der Waals surface area contributed by atoms with Crippen molar-refractivity contribution < 1.29 is 27.5 Å². The lowest BCUT2D eigenvalue weighted by atomic mass is 9.69. The fourth-order valence-corrected chi connectivity index (χ4v) is 5.90. The summed E-state index contributed by atoms with van der Waals surface area (Å²) in [5.74, 6) is 0.00260. The van der Waals surface area contributed by atoms with Gasteiger partial charge in [0.25, 0.3) is 0 Å². The number of H-pyrrole nitrogens is 1. The van der Waals surface area contributed by atoms with Gasteiger partial charge in [-0.3, -0.25) is 14.7 Å². The van der Waals surface area contributed by atoms with Gasteiger partial charge >= 0.3 is 6.18 Å². The number of aromatic amines is 1. The number of carbonyl (C=O) groups is 2. The number of hydrogen-bond donors (Lipinski definition) is 1. The zero-order valence-electron chi connectivity index (χ0n) is 20.2. The first-order valence-corrected chi connectivity index (χ1v) is 12.3. The molecule has 37 heavy (non-hydrogen) atoms. The van der Waals surface area contributed by atoms with Gasteiger partial charge in [0.1, 0.15) is 12.3 Å². The van der Waals surface area contributed by atoms with Crippen molar-refractivity contribution in [3.63, 3.8) is 0 Å². The van der Waals surface area contributed by atoms with Gasteiger partial charge < -0.3 is 14.5 Å². The Morgan fingerprint density at radius 3 is 2.65 bits per heavy atom. The Bertz CT molecular complexity index is 1370. The first-order valence-electron chi connectivity index (χ1n) is 12.3. The number of anilines is 1. The average molecular weight is 514 g/mol. The fourth-order valence-electron chi connectivity index (χ4n) is 5.90. The Hall–Kier alpha value is -3.63. The van der Waals surface area contributed by atoms with Crippen LogP contribution in [-0.2, 0) is 15.0 Å². The minimum atomic E-state index is -4.37. The lowest BCUT2D eigenvalue weighted by Gasteiger charge is -2.48. The summed E-state index contributed by atoms with van der Waals surface area (Å²) < 4.78 is 45.9. The zero-order valence-corrected chi connectivity index (χ0v) is 20.2. The van der Waals surface area contributed by atoms with Crippen LogP contribution in [0.5, 0.6) is 5.75 Å². The third-order valence-corrected chi connectivity index (χ3v) is 8.13. The van der Waals surface area contributed by atoms with Crippen molar-refractivity contribution in [2.24, 2.45) is 5.41 Å². The normalized spacial score (nSPS) is 24.9. The molecule has 4 heterocycles. The average Bonchev–Trinajstić information content (AvgIpc) is 3.40. The summed E-state index contributed by atoms with van der Waals surface area (Å²) in [5, 5.41) is 7.62. The van der Waals surface area contributed by atoms with Crippen LogP contribution in [0.1, 0.15) is 38.2 Å². The number of alkyl halides is 3. The third-order valence-electron chi connectivity index (χ3n) is 8.13. The molecule has 2 aromatic heterocycles. The molecule has 194 valence electrons. The second-order valence-corrected chi connectivity index (χ2v) is 10.6. The van der Waals surface area contributed by atoms with Gasteiger partial charge in [0.05, 0.1) is 29.3 Å².